The highest BCUT2D eigenvalue weighted by atomic mass is 14.9. The first-order valence-corrected chi connectivity index (χ1v) is 5.77. The number of nitriles is 1. The standard InChI is InChI=1S/C16H14N2/c1-13(14-7-3-2-4-8-14)12-18-16-10-6-5-9-15(16)11-17/h2-10,18H,1,12H2. The summed E-state index contributed by atoms with van der Waals surface area (Å²) in [6.07, 6.45) is 0. The van der Waals surface area contributed by atoms with E-state index in [1.54, 1.807) is 6.07 Å². The van der Waals surface area contributed by atoms with Crippen molar-refractivity contribution in [2.75, 3.05) is 11.9 Å². The molecule has 0 aliphatic rings. The lowest BCUT2D eigenvalue weighted by Crippen LogP contribution is -2.04. The van der Waals surface area contributed by atoms with Crippen LogP contribution in [0.25, 0.3) is 5.57 Å². The summed E-state index contributed by atoms with van der Waals surface area (Å²) in [4.78, 5) is 0. The first kappa shape index (κ1) is 11.9. The van der Waals surface area contributed by atoms with Crippen molar-refractivity contribution in [1.82, 2.24) is 0 Å². The number of nitrogens with zero attached hydrogens (tertiary/aromatic N) is 1. The molecule has 88 valence electrons. The lowest BCUT2D eigenvalue weighted by atomic mass is 10.1. The van der Waals surface area contributed by atoms with E-state index in [9.17, 15) is 0 Å². The van der Waals surface area contributed by atoms with Crippen LogP contribution in [-0.2, 0) is 0 Å². The van der Waals surface area contributed by atoms with Crippen LogP contribution in [0.4, 0.5) is 5.69 Å². The Morgan fingerprint density at radius 3 is 2.44 bits per heavy atom. The second-order valence-electron chi connectivity index (χ2n) is 3.98. The Morgan fingerprint density at radius 2 is 1.72 bits per heavy atom. The van der Waals surface area contributed by atoms with Gasteiger partial charge in [-0.1, -0.05) is 49.0 Å². The molecule has 0 aliphatic carbocycles. The zero-order chi connectivity index (χ0) is 12.8. The van der Waals surface area contributed by atoms with Gasteiger partial charge < -0.3 is 5.32 Å². The molecule has 0 heterocycles. The molecule has 0 saturated heterocycles. The Balaban J connectivity index is 2.05. The van der Waals surface area contributed by atoms with Crippen molar-refractivity contribution in [3.8, 4) is 6.07 Å². The molecule has 1 N–H and O–H groups in total. The van der Waals surface area contributed by atoms with Gasteiger partial charge in [0.15, 0.2) is 0 Å². The molecule has 18 heavy (non-hydrogen) atoms. The van der Waals surface area contributed by atoms with E-state index in [1.165, 1.54) is 0 Å². The van der Waals surface area contributed by atoms with Gasteiger partial charge >= 0.3 is 0 Å². The van der Waals surface area contributed by atoms with E-state index in [0.29, 0.717) is 12.1 Å². The molecule has 0 unspecified atom stereocenters. The van der Waals surface area contributed by atoms with Gasteiger partial charge in [0, 0.05) is 6.54 Å². The highest BCUT2D eigenvalue weighted by molar-refractivity contribution is 5.69. The topological polar surface area (TPSA) is 35.8 Å². The molecule has 2 heteroatoms. The number of rotatable bonds is 4. The molecule has 0 atom stereocenters. The maximum Gasteiger partial charge on any atom is 0.101 e. The molecule has 0 aliphatic heterocycles. The van der Waals surface area contributed by atoms with Crippen LogP contribution >= 0.6 is 0 Å². The van der Waals surface area contributed by atoms with E-state index in [0.717, 1.165) is 16.8 Å². The van der Waals surface area contributed by atoms with Gasteiger partial charge in [-0.15, -0.1) is 0 Å². The zero-order valence-corrected chi connectivity index (χ0v) is 10.1. The van der Waals surface area contributed by atoms with Crippen molar-refractivity contribution in [3.05, 3.63) is 72.3 Å². The van der Waals surface area contributed by atoms with Gasteiger partial charge in [-0.2, -0.15) is 5.26 Å². The van der Waals surface area contributed by atoms with Crippen LogP contribution in [-0.4, -0.2) is 6.54 Å². The quantitative estimate of drug-likeness (QED) is 0.875. The average molecular weight is 234 g/mol. The van der Waals surface area contributed by atoms with Crippen molar-refractivity contribution in [2.24, 2.45) is 0 Å². The van der Waals surface area contributed by atoms with Gasteiger partial charge in [0.05, 0.1) is 11.3 Å². The average Bonchev–Trinajstić information content (AvgIpc) is 2.46. The van der Waals surface area contributed by atoms with Gasteiger partial charge in [0.1, 0.15) is 6.07 Å². The monoisotopic (exact) mass is 234 g/mol. The van der Waals surface area contributed by atoms with E-state index in [1.807, 2.05) is 48.5 Å². The summed E-state index contributed by atoms with van der Waals surface area (Å²) >= 11 is 0. The van der Waals surface area contributed by atoms with Crippen molar-refractivity contribution < 1.29 is 0 Å². The molecule has 0 fully saturated rings. The van der Waals surface area contributed by atoms with Crippen LogP contribution < -0.4 is 5.32 Å². The Bertz CT molecular complexity index is 580. The Kier molecular flexibility index (Phi) is 3.78. The summed E-state index contributed by atoms with van der Waals surface area (Å²) in [5.74, 6) is 0. The molecular formula is C16H14N2. The summed E-state index contributed by atoms with van der Waals surface area (Å²) in [5.41, 5.74) is 3.61. The molecule has 0 amide bonds. The third-order valence-electron chi connectivity index (χ3n) is 2.72. The largest absolute Gasteiger partial charge is 0.380 e. The third kappa shape index (κ3) is 2.78. The Labute approximate surface area is 107 Å². The number of benzene rings is 2. The van der Waals surface area contributed by atoms with Crippen molar-refractivity contribution in [1.29, 1.82) is 5.26 Å². The van der Waals surface area contributed by atoms with E-state index in [4.69, 9.17) is 5.26 Å². The summed E-state index contributed by atoms with van der Waals surface area (Å²) in [5, 5.41) is 12.2. The fourth-order valence-electron chi connectivity index (χ4n) is 1.71. The highest BCUT2D eigenvalue weighted by Gasteiger charge is 2.01. The number of anilines is 1. The molecule has 0 bridgehead atoms. The summed E-state index contributed by atoms with van der Waals surface area (Å²) in [6.45, 7) is 4.68. The predicted octanol–water partition coefficient (Wildman–Crippen LogP) is 3.68. The second kappa shape index (κ2) is 5.70. The molecule has 0 saturated carbocycles. The molecule has 0 radical (unpaired) electrons. The fourth-order valence-corrected chi connectivity index (χ4v) is 1.71. The number of nitrogens with one attached hydrogen (secondary N) is 1. The van der Waals surface area contributed by atoms with Crippen LogP contribution in [0.15, 0.2) is 61.2 Å². The van der Waals surface area contributed by atoms with Crippen molar-refractivity contribution in [2.45, 2.75) is 0 Å². The minimum atomic E-state index is 0.628. The summed E-state index contributed by atoms with van der Waals surface area (Å²) in [6, 6.07) is 19.7. The second-order valence-corrected chi connectivity index (χ2v) is 3.98. The molecular weight excluding hydrogens is 220 g/mol. The fraction of sp³-hybridized carbons (Fsp3) is 0.0625. The number of hydrogen-bond acceptors (Lipinski definition) is 2. The van der Waals surface area contributed by atoms with Gasteiger partial charge in [-0.25, -0.2) is 0 Å². The van der Waals surface area contributed by atoms with E-state index in [2.05, 4.69) is 18.0 Å². The predicted molar refractivity (Wildman–Crippen MR) is 75.1 cm³/mol. The van der Waals surface area contributed by atoms with Crippen LogP contribution in [0, 0.1) is 11.3 Å². The lowest BCUT2D eigenvalue weighted by Gasteiger charge is -2.10. The zero-order valence-electron chi connectivity index (χ0n) is 10.1. The van der Waals surface area contributed by atoms with E-state index in [-0.39, 0.29) is 0 Å². The van der Waals surface area contributed by atoms with Gasteiger partial charge in [0.25, 0.3) is 0 Å². The highest BCUT2D eigenvalue weighted by Crippen LogP contribution is 2.16. The third-order valence-corrected chi connectivity index (χ3v) is 2.72. The van der Waals surface area contributed by atoms with E-state index >= 15 is 0 Å². The van der Waals surface area contributed by atoms with Crippen molar-refractivity contribution in [3.63, 3.8) is 0 Å². The normalized spacial score (nSPS) is 9.50. The Hall–Kier alpha value is -2.53. The number of hydrogen-bond donors (Lipinski definition) is 1. The van der Waals surface area contributed by atoms with Crippen LogP contribution in [0.5, 0.6) is 0 Å². The van der Waals surface area contributed by atoms with E-state index < -0.39 is 0 Å². The molecule has 0 aromatic heterocycles. The van der Waals surface area contributed by atoms with Crippen LogP contribution in [0.3, 0.4) is 0 Å². The number of para-hydroxylation sites is 1. The molecule has 2 aromatic carbocycles. The summed E-state index contributed by atoms with van der Waals surface area (Å²) in [7, 11) is 0. The molecule has 0 spiro atoms. The molecule has 2 nitrogen and oxygen atoms in total. The van der Waals surface area contributed by atoms with Crippen LogP contribution in [0.2, 0.25) is 0 Å². The smallest absolute Gasteiger partial charge is 0.101 e. The first-order chi connectivity index (χ1) is 8.81. The Morgan fingerprint density at radius 1 is 1.06 bits per heavy atom. The molecule has 2 aromatic rings. The molecule has 2 rings (SSSR count). The maximum absolute atomic E-state index is 8.99. The minimum absolute atomic E-state index is 0.628. The van der Waals surface area contributed by atoms with Gasteiger partial charge in [0.2, 0.25) is 0 Å². The minimum Gasteiger partial charge on any atom is -0.380 e. The summed E-state index contributed by atoms with van der Waals surface area (Å²) < 4.78 is 0. The first-order valence-electron chi connectivity index (χ1n) is 5.77. The van der Waals surface area contributed by atoms with Crippen molar-refractivity contribution >= 4 is 11.3 Å². The van der Waals surface area contributed by atoms with Gasteiger partial charge in [-0.05, 0) is 23.3 Å². The lowest BCUT2D eigenvalue weighted by molar-refractivity contribution is 1.33. The maximum atomic E-state index is 8.99. The van der Waals surface area contributed by atoms with Gasteiger partial charge in [-0.3, -0.25) is 0 Å². The SMILES string of the molecule is C=C(CNc1ccccc1C#N)c1ccccc1. The van der Waals surface area contributed by atoms with Crippen LogP contribution in [0.1, 0.15) is 11.1 Å².